The molecule has 2 aliphatic rings. The molecule has 0 radical (unpaired) electrons. The maximum absolute atomic E-state index is 13.4. The van der Waals surface area contributed by atoms with Gasteiger partial charge in [0.1, 0.15) is 12.3 Å². The number of aryl methyl sites for hydroxylation is 1. The van der Waals surface area contributed by atoms with E-state index in [9.17, 15) is 4.79 Å². The summed E-state index contributed by atoms with van der Waals surface area (Å²) < 4.78 is 5.87. The van der Waals surface area contributed by atoms with E-state index in [1.54, 1.807) is 4.90 Å². The van der Waals surface area contributed by atoms with Crippen LogP contribution in [0.15, 0.2) is 23.0 Å². The zero-order valence-corrected chi connectivity index (χ0v) is 18.9. The maximum atomic E-state index is 13.4. The summed E-state index contributed by atoms with van der Waals surface area (Å²) in [4.78, 5) is 18.5. The highest BCUT2D eigenvalue weighted by atomic mass is 16.5. The second kappa shape index (κ2) is 7.16. The molecule has 2 bridgehead atoms. The van der Waals surface area contributed by atoms with Crippen LogP contribution in [0.2, 0.25) is 0 Å². The van der Waals surface area contributed by atoms with Crippen LogP contribution in [0, 0.1) is 23.7 Å². The fraction of sp³-hybridized carbons (Fsp3) is 0.640. The average Bonchev–Trinajstić information content (AvgIpc) is 2.85. The molecule has 3 unspecified atom stereocenters. The normalized spacial score (nSPS) is 28.2. The van der Waals surface area contributed by atoms with Gasteiger partial charge in [-0.3, -0.25) is 4.79 Å². The van der Waals surface area contributed by atoms with Gasteiger partial charge in [0.15, 0.2) is 5.43 Å². The third-order valence-electron chi connectivity index (χ3n) is 6.95. The number of hydrogen-bond acceptors (Lipinski definition) is 2. The fourth-order valence-electron chi connectivity index (χ4n) is 6.18. The third kappa shape index (κ3) is 4.09. The molecule has 1 aliphatic heterocycles. The molecule has 4 heteroatoms. The van der Waals surface area contributed by atoms with Gasteiger partial charge < -0.3 is 14.6 Å². The lowest BCUT2D eigenvalue weighted by Crippen LogP contribution is -3.12. The van der Waals surface area contributed by atoms with E-state index < -0.39 is 0 Å². The Morgan fingerprint density at radius 3 is 2.72 bits per heavy atom. The first-order valence-electron chi connectivity index (χ1n) is 11.2. The van der Waals surface area contributed by atoms with Crippen molar-refractivity contribution in [2.75, 3.05) is 13.2 Å². The van der Waals surface area contributed by atoms with Gasteiger partial charge in [-0.1, -0.05) is 34.6 Å². The Balaban J connectivity index is 1.64. The lowest BCUT2D eigenvalue weighted by molar-refractivity contribution is -0.928. The van der Waals surface area contributed by atoms with Crippen molar-refractivity contribution in [3.05, 3.63) is 39.7 Å². The van der Waals surface area contributed by atoms with E-state index in [0.717, 1.165) is 34.5 Å². The Morgan fingerprint density at radius 2 is 2.00 bits per heavy atom. The first-order chi connectivity index (χ1) is 13.6. The molecule has 2 N–H and O–H groups in total. The largest absolute Gasteiger partial charge is 0.493 e. The van der Waals surface area contributed by atoms with Crippen LogP contribution in [0.3, 0.4) is 0 Å². The van der Waals surface area contributed by atoms with Crippen molar-refractivity contribution >= 4 is 10.9 Å². The van der Waals surface area contributed by atoms with Crippen molar-refractivity contribution in [1.29, 1.82) is 0 Å². The Hall–Kier alpha value is -1.81. The summed E-state index contributed by atoms with van der Waals surface area (Å²) in [6.07, 6.45) is 3.85. The van der Waals surface area contributed by atoms with Gasteiger partial charge in [0.05, 0.1) is 24.8 Å². The molecule has 1 aliphatic carbocycles. The lowest BCUT2D eigenvalue weighted by Gasteiger charge is -2.37. The Morgan fingerprint density at radius 1 is 1.24 bits per heavy atom. The van der Waals surface area contributed by atoms with Crippen molar-refractivity contribution in [1.82, 2.24) is 4.98 Å². The van der Waals surface area contributed by atoms with E-state index in [1.807, 2.05) is 25.1 Å². The SMILES string of the molecule is Cc1[nH]c2ccc(OCC(C)C)cc2c(=O)c1C[NH+]1CC2(C)CC1CC(C)(C)C2. The van der Waals surface area contributed by atoms with Crippen LogP contribution in [0.25, 0.3) is 10.9 Å². The molecule has 3 atom stereocenters. The number of benzene rings is 1. The topological polar surface area (TPSA) is 46.5 Å². The van der Waals surface area contributed by atoms with Gasteiger partial charge >= 0.3 is 0 Å². The minimum absolute atomic E-state index is 0.171. The number of aromatic nitrogens is 1. The van der Waals surface area contributed by atoms with E-state index in [0.29, 0.717) is 29.4 Å². The van der Waals surface area contributed by atoms with Crippen LogP contribution in [0.5, 0.6) is 5.75 Å². The monoisotopic (exact) mass is 397 g/mol. The summed E-state index contributed by atoms with van der Waals surface area (Å²) in [6, 6.07) is 6.51. The molecule has 29 heavy (non-hydrogen) atoms. The average molecular weight is 398 g/mol. The summed E-state index contributed by atoms with van der Waals surface area (Å²) in [5.41, 5.74) is 3.85. The minimum Gasteiger partial charge on any atom is -0.493 e. The van der Waals surface area contributed by atoms with Crippen molar-refractivity contribution in [2.45, 2.75) is 73.4 Å². The molecule has 0 spiro atoms. The van der Waals surface area contributed by atoms with Crippen molar-refractivity contribution in [3.63, 3.8) is 0 Å². The van der Waals surface area contributed by atoms with Crippen LogP contribution in [0.4, 0.5) is 0 Å². The van der Waals surface area contributed by atoms with E-state index in [4.69, 9.17) is 4.74 Å². The Kier molecular flexibility index (Phi) is 5.05. The number of ether oxygens (including phenoxy) is 1. The van der Waals surface area contributed by atoms with E-state index in [-0.39, 0.29) is 5.43 Å². The highest BCUT2D eigenvalue weighted by Crippen LogP contribution is 2.47. The van der Waals surface area contributed by atoms with Crippen LogP contribution in [-0.2, 0) is 6.54 Å². The summed E-state index contributed by atoms with van der Waals surface area (Å²) in [5.74, 6) is 1.24. The van der Waals surface area contributed by atoms with Gasteiger partial charge in [-0.2, -0.15) is 0 Å². The maximum Gasteiger partial charge on any atom is 0.198 e. The molecular formula is C25H37N2O2+. The standard InChI is InChI=1S/C25H36N2O2/c1-16(2)13-29-19-7-8-22-20(9-19)23(28)21(17(3)26-22)12-27-15-25(6)11-18(27)10-24(4,5)14-25/h7-9,16,18H,10-15H2,1-6H3,(H,26,28)/p+1. The van der Waals surface area contributed by atoms with Crippen molar-refractivity contribution < 1.29 is 9.64 Å². The van der Waals surface area contributed by atoms with Gasteiger partial charge in [-0.05, 0) is 42.9 Å². The molecule has 2 heterocycles. The molecular weight excluding hydrogens is 360 g/mol. The van der Waals surface area contributed by atoms with Gasteiger partial charge in [0.2, 0.25) is 0 Å². The zero-order valence-electron chi connectivity index (χ0n) is 18.9. The van der Waals surface area contributed by atoms with Crippen LogP contribution in [-0.4, -0.2) is 24.2 Å². The quantitative estimate of drug-likeness (QED) is 0.805. The van der Waals surface area contributed by atoms with Crippen molar-refractivity contribution in [2.24, 2.45) is 16.7 Å². The van der Waals surface area contributed by atoms with Gasteiger partial charge in [-0.25, -0.2) is 0 Å². The Labute approximate surface area is 174 Å². The first-order valence-corrected chi connectivity index (χ1v) is 11.2. The molecule has 158 valence electrons. The number of hydrogen-bond donors (Lipinski definition) is 2. The minimum atomic E-state index is 0.171. The van der Waals surface area contributed by atoms with E-state index >= 15 is 0 Å². The van der Waals surface area contributed by atoms with E-state index in [1.165, 1.54) is 25.8 Å². The first kappa shape index (κ1) is 20.5. The number of quaternary nitrogens is 1. The molecule has 4 rings (SSSR count). The van der Waals surface area contributed by atoms with Gasteiger partial charge in [0, 0.05) is 34.9 Å². The van der Waals surface area contributed by atoms with Crippen LogP contribution in [0.1, 0.15) is 65.1 Å². The molecule has 4 nitrogen and oxygen atoms in total. The van der Waals surface area contributed by atoms with Gasteiger partial charge in [0.25, 0.3) is 0 Å². The van der Waals surface area contributed by atoms with Crippen LogP contribution >= 0.6 is 0 Å². The van der Waals surface area contributed by atoms with E-state index in [2.05, 4.69) is 39.6 Å². The molecule has 1 aromatic carbocycles. The predicted octanol–water partition coefficient (Wildman–Crippen LogP) is 3.85. The number of fused-ring (bicyclic) bond motifs is 3. The summed E-state index contributed by atoms with van der Waals surface area (Å²) in [7, 11) is 0. The molecule has 1 aromatic heterocycles. The zero-order chi connectivity index (χ0) is 21.0. The fourth-order valence-corrected chi connectivity index (χ4v) is 6.18. The number of nitrogens with one attached hydrogen (secondary N) is 2. The molecule has 1 saturated heterocycles. The number of rotatable bonds is 5. The second-order valence-electron chi connectivity index (χ2n) is 11.2. The summed E-state index contributed by atoms with van der Waals surface area (Å²) in [6.45, 7) is 16.2. The number of pyridine rings is 1. The third-order valence-corrected chi connectivity index (χ3v) is 6.95. The van der Waals surface area contributed by atoms with Gasteiger partial charge in [-0.15, -0.1) is 0 Å². The number of H-pyrrole nitrogens is 1. The molecule has 0 amide bonds. The second-order valence-corrected chi connectivity index (χ2v) is 11.2. The number of likely N-dealkylation sites (tertiary alicyclic amines) is 1. The highest BCUT2D eigenvalue weighted by Gasteiger charge is 2.52. The predicted molar refractivity (Wildman–Crippen MR) is 119 cm³/mol. The molecule has 2 aromatic rings. The lowest BCUT2D eigenvalue weighted by atomic mass is 9.65. The smallest absolute Gasteiger partial charge is 0.198 e. The molecule has 1 saturated carbocycles. The summed E-state index contributed by atoms with van der Waals surface area (Å²) in [5, 5.41) is 0.750. The number of aromatic amines is 1. The Bertz CT molecular complexity index is 975. The molecule has 2 fully saturated rings. The van der Waals surface area contributed by atoms with Crippen LogP contribution < -0.4 is 15.1 Å². The summed E-state index contributed by atoms with van der Waals surface area (Å²) >= 11 is 0. The highest BCUT2D eigenvalue weighted by molar-refractivity contribution is 5.81. The van der Waals surface area contributed by atoms with Crippen molar-refractivity contribution in [3.8, 4) is 5.75 Å².